The van der Waals surface area contributed by atoms with E-state index < -0.39 is 0 Å². The van der Waals surface area contributed by atoms with E-state index in [2.05, 4.69) is 31.1 Å². The first-order valence-corrected chi connectivity index (χ1v) is 9.68. The van der Waals surface area contributed by atoms with Crippen molar-refractivity contribution in [3.05, 3.63) is 0 Å². The first kappa shape index (κ1) is 17.3. The van der Waals surface area contributed by atoms with E-state index in [9.17, 15) is 0 Å². The molecule has 2 aliphatic rings. The maximum Gasteiger partial charge on any atom is 0.0107 e. The lowest BCUT2D eigenvalue weighted by atomic mass is 9.83. The average molecular weight is 295 g/mol. The highest BCUT2D eigenvalue weighted by atomic mass is 15.1. The van der Waals surface area contributed by atoms with E-state index in [-0.39, 0.29) is 0 Å². The van der Waals surface area contributed by atoms with Crippen molar-refractivity contribution >= 4 is 0 Å². The van der Waals surface area contributed by atoms with Gasteiger partial charge in [0.05, 0.1) is 0 Å². The zero-order valence-electron chi connectivity index (χ0n) is 14.7. The summed E-state index contributed by atoms with van der Waals surface area (Å²) in [5.41, 5.74) is 0. The Labute approximate surface area is 133 Å². The van der Waals surface area contributed by atoms with Gasteiger partial charge in [0.25, 0.3) is 0 Å². The highest BCUT2D eigenvalue weighted by Crippen LogP contribution is 2.31. The van der Waals surface area contributed by atoms with Crippen LogP contribution in [0.3, 0.4) is 0 Å². The molecule has 2 rings (SSSR count). The summed E-state index contributed by atoms with van der Waals surface area (Å²) >= 11 is 0. The van der Waals surface area contributed by atoms with E-state index in [0.29, 0.717) is 0 Å². The number of hydrogen-bond donors (Lipinski definition) is 1. The Balaban J connectivity index is 1.83. The Kier molecular flexibility index (Phi) is 7.53. The van der Waals surface area contributed by atoms with Gasteiger partial charge >= 0.3 is 0 Å². The molecular weight excluding hydrogens is 256 g/mol. The molecule has 0 saturated heterocycles. The molecule has 2 unspecified atom stereocenters. The molecule has 0 heterocycles. The van der Waals surface area contributed by atoms with Crippen molar-refractivity contribution < 1.29 is 0 Å². The molecule has 1 N–H and O–H groups in total. The van der Waals surface area contributed by atoms with Crippen LogP contribution >= 0.6 is 0 Å². The third kappa shape index (κ3) is 5.25. The van der Waals surface area contributed by atoms with Gasteiger partial charge in [-0.25, -0.2) is 0 Å². The van der Waals surface area contributed by atoms with Gasteiger partial charge < -0.3 is 10.2 Å². The van der Waals surface area contributed by atoms with Crippen molar-refractivity contribution in [1.29, 1.82) is 0 Å². The van der Waals surface area contributed by atoms with Crippen LogP contribution in [0.2, 0.25) is 0 Å². The molecule has 21 heavy (non-hydrogen) atoms. The molecule has 2 atom stereocenters. The third-order valence-corrected chi connectivity index (χ3v) is 6.16. The van der Waals surface area contributed by atoms with Crippen molar-refractivity contribution in [2.45, 2.75) is 90.1 Å². The Morgan fingerprint density at radius 2 is 1.62 bits per heavy atom. The monoisotopic (exact) mass is 294 g/mol. The maximum atomic E-state index is 3.77. The van der Waals surface area contributed by atoms with Gasteiger partial charge in [-0.05, 0) is 64.0 Å². The predicted molar refractivity (Wildman–Crippen MR) is 92.7 cm³/mol. The Morgan fingerprint density at radius 1 is 0.905 bits per heavy atom. The number of nitrogens with one attached hydrogen (secondary N) is 1. The fourth-order valence-corrected chi connectivity index (χ4v) is 4.65. The molecule has 2 aliphatic carbocycles. The van der Waals surface area contributed by atoms with Crippen LogP contribution in [-0.2, 0) is 0 Å². The lowest BCUT2D eigenvalue weighted by molar-refractivity contribution is 0.130. The van der Waals surface area contributed by atoms with Crippen molar-refractivity contribution in [2.24, 2.45) is 11.8 Å². The molecule has 0 aliphatic heterocycles. The smallest absolute Gasteiger partial charge is 0.0107 e. The van der Waals surface area contributed by atoms with Crippen LogP contribution in [0.25, 0.3) is 0 Å². The number of nitrogens with zero attached hydrogens (tertiary/aromatic N) is 1. The number of rotatable bonds is 6. The van der Waals surface area contributed by atoms with Crippen molar-refractivity contribution in [3.8, 4) is 0 Å². The molecular formula is C19H38N2. The van der Waals surface area contributed by atoms with Gasteiger partial charge in [-0.2, -0.15) is 0 Å². The van der Waals surface area contributed by atoms with E-state index >= 15 is 0 Å². The molecule has 2 fully saturated rings. The van der Waals surface area contributed by atoms with E-state index in [1.807, 2.05) is 0 Å². The lowest BCUT2D eigenvalue weighted by Gasteiger charge is -2.38. The quantitative estimate of drug-likeness (QED) is 0.728. The van der Waals surface area contributed by atoms with E-state index in [1.54, 1.807) is 0 Å². The summed E-state index contributed by atoms with van der Waals surface area (Å²) in [7, 11) is 2.39. The molecule has 2 saturated carbocycles. The summed E-state index contributed by atoms with van der Waals surface area (Å²) < 4.78 is 0. The molecule has 2 nitrogen and oxygen atoms in total. The highest BCUT2D eigenvalue weighted by Gasteiger charge is 2.28. The minimum absolute atomic E-state index is 0.770. The van der Waals surface area contributed by atoms with Gasteiger partial charge in [0.15, 0.2) is 0 Å². The molecule has 0 aromatic heterocycles. The fourth-order valence-electron chi connectivity index (χ4n) is 4.65. The zero-order chi connectivity index (χ0) is 15.1. The second-order valence-corrected chi connectivity index (χ2v) is 7.58. The summed E-state index contributed by atoms with van der Waals surface area (Å²) in [6.45, 7) is 7.07. The predicted octanol–water partition coefficient (Wildman–Crippen LogP) is 4.45. The first-order chi connectivity index (χ1) is 10.2. The van der Waals surface area contributed by atoms with Gasteiger partial charge in [0.2, 0.25) is 0 Å². The van der Waals surface area contributed by atoms with Gasteiger partial charge in [-0.3, -0.25) is 0 Å². The van der Waals surface area contributed by atoms with Crippen molar-refractivity contribution in [3.63, 3.8) is 0 Å². The van der Waals surface area contributed by atoms with Gasteiger partial charge in [0, 0.05) is 18.6 Å². The van der Waals surface area contributed by atoms with Crippen LogP contribution in [0.4, 0.5) is 0 Å². The highest BCUT2D eigenvalue weighted by molar-refractivity contribution is 4.84. The van der Waals surface area contributed by atoms with Gasteiger partial charge in [-0.15, -0.1) is 0 Å². The van der Waals surface area contributed by atoms with Crippen LogP contribution in [0.15, 0.2) is 0 Å². The average Bonchev–Trinajstić information content (AvgIpc) is 2.73. The molecule has 0 aromatic carbocycles. The summed E-state index contributed by atoms with van der Waals surface area (Å²) in [5.74, 6) is 1.89. The third-order valence-electron chi connectivity index (χ3n) is 6.16. The Hall–Kier alpha value is -0.0800. The Morgan fingerprint density at radius 3 is 2.29 bits per heavy atom. The normalized spacial score (nSPS) is 34.9. The minimum Gasteiger partial charge on any atom is -0.314 e. The van der Waals surface area contributed by atoms with Crippen LogP contribution in [-0.4, -0.2) is 37.1 Å². The molecule has 0 amide bonds. The van der Waals surface area contributed by atoms with Crippen molar-refractivity contribution in [1.82, 2.24) is 10.2 Å². The van der Waals surface area contributed by atoms with Gasteiger partial charge in [0.1, 0.15) is 0 Å². The maximum absolute atomic E-state index is 3.77. The summed E-state index contributed by atoms with van der Waals surface area (Å²) in [5, 5.41) is 3.77. The van der Waals surface area contributed by atoms with Crippen LogP contribution in [0.1, 0.15) is 78.1 Å². The SMILES string of the molecule is CCNC1CCCCCC1CN(C)C1CCC(CC)CC1. The van der Waals surface area contributed by atoms with Crippen molar-refractivity contribution in [2.75, 3.05) is 20.1 Å². The van der Waals surface area contributed by atoms with Crippen LogP contribution in [0, 0.1) is 11.8 Å². The lowest BCUT2D eigenvalue weighted by Crippen LogP contribution is -2.44. The Bertz CT molecular complexity index is 271. The second-order valence-electron chi connectivity index (χ2n) is 7.58. The fraction of sp³-hybridized carbons (Fsp3) is 1.00. The molecule has 0 bridgehead atoms. The second kappa shape index (κ2) is 9.15. The first-order valence-electron chi connectivity index (χ1n) is 9.68. The molecule has 0 spiro atoms. The molecule has 0 radical (unpaired) electrons. The largest absolute Gasteiger partial charge is 0.314 e. The molecule has 124 valence electrons. The number of hydrogen-bond acceptors (Lipinski definition) is 2. The van der Waals surface area contributed by atoms with E-state index in [1.165, 1.54) is 70.8 Å². The van der Waals surface area contributed by atoms with Crippen LogP contribution in [0.5, 0.6) is 0 Å². The zero-order valence-corrected chi connectivity index (χ0v) is 14.7. The summed E-state index contributed by atoms with van der Waals surface area (Å²) in [4.78, 5) is 2.71. The van der Waals surface area contributed by atoms with Gasteiger partial charge in [-0.1, -0.05) is 39.5 Å². The molecule has 0 aromatic rings. The van der Waals surface area contributed by atoms with Crippen LogP contribution < -0.4 is 5.32 Å². The standard InChI is InChI=1S/C19H38N2/c1-4-16-11-13-18(14-12-16)21(3)15-17-9-7-6-8-10-19(17)20-5-2/h16-20H,4-15H2,1-3H3. The topological polar surface area (TPSA) is 15.3 Å². The minimum atomic E-state index is 0.770. The summed E-state index contributed by atoms with van der Waals surface area (Å²) in [6.07, 6.45) is 14.4. The van der Waals surface area contributed by atoms with E-state index in [4.69, 9.17) is 0 Å². The summed E-state index contributed by atoms with van der Waals surface area (Å²) in [6, 6.07) is 1.63. The van der Waals surface area contributed by atoms with E-state index in [0.717, 1.165) is 30.5 Å². The molecule has 2 heteroatoms.